The van der Waals surface area contributed by atoms with Gasteiger partial charge in [0.15, 0.2) is 0 Å². The van der Waals surface area contributed by atoms with Crippen LogP contribution in [0.1, 0.15) is 47.0 Å². The van der Waals surface area contributed by atoms with Crippen molar-refractivity contribution < 1.29 is 14.7 Å². The zero-order chi connectivity index (χ0) is 15.0. The van der Waals surface area contributed by atoms with E-state index in [4.69, 9.17) is 10.8 Å². The Morgan fingerprint density at radius 2 is 1.74 bits per heavy atom. The van der Waals surface area contributed by atoms with Gasteiger partial charge in [0.1, 0.15) is 0 Å². The second-order valence-electron chi connectivity index (χ2n) is 5.95. The molecule has 0 aliphatic rings. The topological polar surface area (TPSA) is 92.4 Å². The maximum absolute atomic E-state index is 11.9. The van der Waals surface area contributed by atoms with E-state index in [9.17, 15) is 9.59 Å². The van der Waals surface area contributed by atoms with Crippen molar-refractivity contribution in [2.75, 3.05) is 6.54 Å². The van der Waals surface area contributed by atoms with Crippen LogP contribution in [-0.2, 0) is 9.59 Å². The molecule has 0 saturated carbocycles. The molecular formula is C14H28N2O3. The van der Waals surface area contributed by atoms with Crippen LogP contribution in [-0.4, -0.2) is 29.6 Å². The molecule has 0 fully saturated rings. The highest BCUT2D eigenvalue weighted by Gasteiger charge is 2.21. The second-order valence-corrected chi connectivity index (χ2v) is 5.95. The van der Waals surface area contributed by atoms with Crippen molar-refractivity contribution in [3.05, 3.63) is 0 Å². The summed E-state index contributed by atoms with van der Waals surface area (Å²) in [4.78, 5) is 22.7. The number of hydrogen-bond acceptors (Lipinski definition) is 3. The van der Waals surface area contributed by atoms with E-state index in [1.54, 1.807) is 0 Å². The molecule has 0 aromatic rings. The number of carbonyl (C=O) groups is 2. The van der Waals surface area contributed by atoms with Crippen molar-refractivity contribution in [2.24, 2.45) is 23.5 Å². The normalized spacial score (nSPS) is 14.5. The van der Waals surface area contributed by atoms with Crippen molar-refractivity contribution >= 4 is 11.9 Å². The van der Waals surface area contributed by atoms with E-state index in [-0.39, 0.29) is 30.2 Å². The fraction of sp³-hybridized carbons (Fsp3) is 0.857. The van der Waals surface area contributed by atoms with Crippen LogP contribution < -0.4 is 11.1 Å². The molecule has 112 valence electrons. The molecule has 19 heavy (non-hydrogen) atoms. The molecule has 0 saturated heterocycles. The smallest absolute Gasteiger partial charge is 0.305 e. The summed E-state index contributed by atoms with van der Waals surface area (Å²) in [5.74, 6) is -0.229. The van der Waals surface area contributed by atoms with Crippen molar-refractivity contribution in [2.45, 2.75) is 53.0 Å². The third kappa shape index (κ3) is 8.59. The lowest BCUT2D eigenvalue weighted by Gasteiger charge is -2.23. The van der Waals surface area contributed by atoms with Gasteiger partial charge in [-0.05, 0) is 30.7 Å². The Balaban J connectivity index is 4.35. The van der Waals surface area contributed by atoms with Gasteiger partial charge in [-0.1, -0.05) is 27.7 Å². The monoisotopic (exact) mass is 272 g/mol. The lowest BCUT2D eigenvalue weighted by atomic mass is 9.93. The van der Waals surface area contributed by atoms with Gasteiger partial charge in [-0.25, -0.2) is 0 Å². The summed E-state index contributed by atoms with van der Waals surface area (Å²) < 4.78 is 0. The van der Waals surface area contributed by atoms with Gasteiger partial charge in [-0.2, -0.15) is 0 Å². The van der Waals surface area contributed by atoms with Gasteiger partial charge >= 0.3 is 5.97 Å². The molecule has 2 atom stereocenters. The molecule has 5 heteroatoms. The van der Waals surface area contributed by atoms with Crippen molar-refractivity contribution in [1.29, 1.82) is 0 Å². The number of nitrogens with one attached hydrogen (secondary N) is 1. The van der Waals surface area contributed by atoms with E-state index in [0.717, 1.165) is 6.42 Å². The number of nitrogens with two attached hydrogens (primary N) is 1. The first-order chi connectivity index (χ1) is 8.76. The lowest BCUT2D eigenvalue weighted by molar-refractivity contribution is -0.138. The third-order valence-corrected chi connectivity index (χ3v) is 3.16. The van der Waals surface area contributed by atoms with E-state index in [0.29, 0.717) is 18.9 Å². The van der Waals surface area contributed by atoms with Gasteiger partial charge in [-0.3, -0.25) is 9.59 Å². The summed E-state index contributed by atoms with van der Waals surface area (Å²) in [6, 6.07) is -0.317. The van der Waals surface area contributed by atoms with Crippen LogP contribution in [0.4, 0.5) is 0 Å². The van der Waals surface area contributed by atoms with Gasteiger partial charge < -0.3 is 16.2 Å². The molecule has 0 spiro atoms. The largest absolute Gasteiger partial charge is 0.481 e. The van der Waals surface area contributed by atoms with Gasteiger partial charge in [0, 0.05) is 12.5 Å². The van der Waals surface area contributed by atoms with Crippen molar-refractivity contribution in [3.8, 4) is 0 Å². The number of carboxylic acid groups (broad SMARTS) is 1. The van der Waals surface area contributed by atoms with E-state index >= 15 is 0 Å². The van der Waals surface area contributed by atoms with Crippen LogP contribution in [0.2, 0.25) is 0 Å². The molecule has 1 amide bonds. The summed E-state index contributed by atoms with van der Waals surface area (Å²) in [7, 11) is 0. The molecule has 0 bridgehead atoms. The highest BCUT2D eigenvalue weighted by molar-refractivity contribution is 5.77. The van der Waals surface area contributed by atoms with Gasteiger partial charge in [0.25, 0.3) is 0 Å². The highest BCUT2D eigenvalue weighted by atomic mass is 16.4. The van der Waals surface area contributed by atoms with E-state index in [1.165, 1.54) is 0 Å². The zero-order valence-corrected chi connectivity index (χ0v) is 12.5. The van der Waals surface area contributed by atoms with Gasteiger partial charge in [-0.15, -0.1) is 0 Å². The number of rotatable bonds is 9. The van der Waals surface area contributed by atoms with E-state index in [2.05, 4.69) is 19.2 Å². The molecule has 4 N–H and O–H groups in total. The second kappa shape index (κ2) is 8.91. The predicted octanol–water partition coefficient (Wildman–Crippen LogP) is 1.61. The number of carboxylic acids is 1. The molecule has 0 aromatic carbocycles. The minimum atomic E-state index is -0.892. The van der Waals surface area contributed by atoms with Gasteiger partial charge in [0.05, 0.1) is 6.42 Å². The maximum atomic E-state index is 11.9. The molecule has 0 heterocycles. The first-order valence-electron chi connectivity index (χ1n) is 6.97. The van der Waals surface area contributed by atoms with Crippen molar-refractivity contribution in [3.63, 3.8) is 0 Å². The summed E-state index contributed by atoms with van der Waals surface area (Å²) in [5.41, 5.74) is 5.67. The van der Waals surface area contributed by atoms with E-state index < -0.39 is 5.97 Å². The number of carbonyl (C=O) groups excluding carboxylic acids is 1. The fourth-order valence-corrected chi connectivity index (χ4v) is 2.10. The Bertz CT molecular complexity index is 290. The average Bonchev–Trinajstić information content (AvgIpc) is 2.25. The minimum Gasteiger partial charge on any atom is -0.481 e. The first-order valence-corrected chi connectivity index (χ1v) is 6.97. The first kappa shape index (κ1) is 17.9. The summed E-state index contributed by atoms with van der Waals surface area (Å²) in [6.07, 6.45) is 1.24. The summed E-state index contributed by atoms with van der Waals surface area (Å²) in [5, 5.41) is 11.6. The lowest BCUT2D eigenvalue weighted by Crippen LogP contribution is -2.41. The Morgan fingerprint density at radius 1 is 1.16 bits per heavy atom. The summed E-state index contributed by atoms with van der Waals surface area (Å²) >= 11 is 0. The number of aliphatic carboxylic acids is 1. The van der Waals surface area contributed by atoms with E-state index in [1.807, 2.05) is 13.8 Å². The standard InChI is InChI=1S/C14H28N2O3/c1-9(2)5-11(8-15)6-13(17)16-12(10(3)4)7-14(18)19/h9-12H,5-8,15H2,1-4H3,(H,16,17)(H,18,19)/t11-,12?/m0/s1. The quantitative estimate of drug-likeness (QED) is 0.594. The van der Waals surface area contributed by atoms with Crippen LogP contribution in [0, 0.1) is 17.8 Å². The maximum Gasteiger partial charge on any atom is 0.305 e. The van der Waals surface area contributed by atoms with Crippen LogP contribution in [0.25, 0.3) is 0 Å². The van der Waals surface area contributed by atoms with Crippen molar-refractivity contribution in [1.82, 2.24) is 5.32 Å². The molecule has 0 rings (SSSR count). The molecule has 5 nitrogen and oxygen atoms in total. The Morgan fingerprint density at radius 3 is 2.11 bits per heavy atom. The number of amides is 1. The van der Waals surface area contributed by atoms with Crippen LogP contribution in [0.15, 0.2) is 0 Å². The van der Waals surface area contributed by atoms with Gasteiger partial charge in [0.2, 0.25) is 5.91 Å². The highest BCUT2D eigenvalue weighted by Crippen LogP contribution is 2.15. The Labute approximate surface area is 115 Å². The predicted molar refractivity (Wildman–Crippen MR) is 75.6 cm³/mol. The molecule has 0 aromatic heterocycles. The van der Waals surface area contributed by atoms with Crippen LogP contribution in [0.5, 0.6) is 0 Å². The Hall–Kier alpha value is -1.10. The molecule has 1 unspecified atom stereocenters. The molecule has 0 aliphatic carbocycles. The third-order valence-electron chi connectivity index (χ3n) is 3.16. The molecular weight excluding hydrogens is 244 g/mol. The minimum absolute atomic E-state index is 0.0408. The number of hydrogen-bond donors (Lipinski definition) is 3. The Kier molecular flexibility index (Phi) is 8.39. The van der Waals surface area contributed by atoms with Crippen LogP contribution >= 0.6 is 0 Å². The van der Waals surface area contributed by atoms with Crippen LogP contribution in [0.3, 0.4) is 0 Å². The average molecular weight is 272 g/mol. The SMILES string of the molecule is CC(C)C[C@H](CN)CC(=O)NC(CC(=O)O)C(C)C. The zero-order valence-electron chi connectivity index (χ0n) is 12.5. The summed E-state index contributed by atoms with van der Waals surface area (Å²) in [6.45, 7) is 8.49. The fourth-order valence-electron chi connectivity index (χ4n) is 2.10. The molecule has 0 radical (unpaired) electrons. The molecule has 0 aliphatic heterocycles.